The number of methoxy groups -OCH3 is 3. The zero-order valence-electron chi connectivity index (χ0n) is 14.2. The van der Waals surface area contributed by atoms with Gasteiger partial charge in [-0.15, -0.1) is 0 Å². The standard InChI is InChI=1S/C18H23NO5/c1-22-16-7-4-12(5-9-18(21)24-3)10-14(16)13-6-8-17(23-2)19-15(13)11-20/h6-8,10,12,20H,4-5,9,11H2,1-3H3. The molecule has 24 heavy (non-hydrogen) atoms. The van der Waals surface area contributed by atoms with Crippen molar-refractivity contribution in [1.82, 2.24) is 4.98 Å². The van der Waals surface area contributed by atoms with E-state index < -0.39 is 0 Å². The van der Waals surface area contributed by atoms with Crippen LogP contribution in [0.4, 0.5) is 0 Å². The number of rotatable bonds is 7. The number of esters is 1. The second kappa shape index (κ2) is 8.49. The Hall–Kier alpha value is -2.34. The third-order valence-electron chi connectivity index (χ3n) is 4.04. The van der Waals surface area contributed by atoms with Gasteiger partial charge in [0.25, 0.3) is 0 Å². The van der Waals surface area contributed by atoms with Gasteiger partial charge in [0.2, 0.25) is 5.88 Å². The van der Waals surface area contributed by atoms with E-state index in [0.29, 0.717) is 24.4 Å². The molecule has 0 spiro atoms. The molecular weight excluding hydrogens is 310 g/mol. The summed E-state index contributed by atoms with van der Waals surface area (Å²) in [5.74, 6) is 1.18. The quantitative estimate of drug-likeness (QED) is 0.772. The van der Waals surface area contributed by atoms with Crippen LogP contribution in [0.25, 0.3) is 5.57 Å². The van der Waals surface area contributed by atoms with Gasteiger partial charge in [-0.2, -0.15) is 0 Å². The lowest BCUT2D eigenvalue weighted by molar-refractivity contribution is -0.140. The highest BCUT2D eigenvalue weighted by atomic mass is 16.5. The molecule has 0 aromatic carbocycles. The summed E-state index contributed by atoms with van der Waals surface area (Å²) in [5, 5.41) is 9.64. The molecule has 1 aliphatic rings. The largest absolute Gasteiger partial charge is 0.496 e. The van der Waals surface area contributed by atoms with Gasteiger partial charge in [0, 0.05) is 23.6 Å². The zero-order valence-corrected chi connectivity index (χ0v) is 14.2. The number of carbonyl (C=O) groups is 1. The molecule has 1 heterocycles. The van der Waals surface area contributed by atoms with Crippen LogP contribution in [-0.2, 0) is 20.9 Å². The summed E-state index contributed by atoms with van der Waals surface area (Å²) < 4.78 is 15.3. The van der Waals surface area contributed by atoms with Gasteiger partial charge >= 0.3 is 5.97 Å². The van der Waals surface area contributed by atoms with Crippen molar-refractivity contribution < 1.29 is 24.1 Å². The maximum Gasteiger partial charge on any atom is 0.305 e. The van der Waals surface area contributed by atoms with E-state index in [9.17, 15) is 9.90 Å². The van der Waals surface area contributed by atoms with Crippen LogP contribution in [0.2, 0.25) is 0 Å². The van der Waals surface area contributed by atoms with Crippen molar-refractivity contribution in [3.63, 3.8) is 0 Å². The first kappa shape index (κ1) is 18.0. The Bertz CT molecular complexity index is 651. The minimum absolute atomic E-state index is 0.201. The Balaban J connectivity index is 2.31. The number of aromatic nitrogens is 1. The molecule has 0 saturated carbocycles. The monoisotopic (exact) mass is 333 g/mol. The Morgan fingerprint density at radius 1 is 1.29 bits per heavy atom. The molecule has 0 saturated heterocycles. The average molecular weight is 333 g/mol. The van der Waals surface area contributed by atoms with E-state index in [-0.39, 0.29) is 18.5 Å². The SMILES string of the molecule is COC(=O)CCC1C=C(c2ccc(OC)nc2CO)C(OC)=CC1. The number of hydrogen-bond donors (Lipinski definition) is 1. The first-order chi connectivity index (χ1) is 11.6. The van der Waals surface area contributed by atoms with Crippen molar-refractivity contribution >= 4 is 11.5 Å². The normalized spacial score (nSPS) is 16.9. The molecule has 1 unspecified atom stereocenters. The average Bonchev–Trinajstić information content (AvgIpc) is 2.65. The van der Waals surface area contributed by atoms with Gasteiger partial charge in [0.1, 0.15) is 5.76 Å². The molecule has 2 rings (SSSR count). The van der Waals surface area contributed by atoms with Gasteiger partial charge < -0.3 is 19.3 Å². The van der Waals surface area contributed by atoms with Gasteiger partial charge in [0.05, 0.1) is 33.6 Å². The number of aliphatic hydroxyl groups is 1. The molecule has 0 amide bonds. The van der Waals surface area contributed by atoms with Gasteiger partial charge in [0.15, 0.2) is 0 Å². The smallest absolute Gasteiger partial charge is 0.305 e. The van der Waals surface area contributed by atoms with Crippen molar-refractivity contribution in [3.8, 4) is 5.88 Å². The highest BCUT2D eigenvalue weighted by Crippen LogP contribution is 2.34. The van der Waals surface area contributed by atoms with E-state index in [4.69, 9.17) is 14.2 Å². The third-order valence-corrected chi connectivity index (χ3v) is 4.04. The summed E-state index contributed by atoms with van der Waals surface area (Å²) in [6.07, 6.45) is 5.94. The van der Waals surface area contributed by atoms with Crippen LogP contribution < -0.4 is 4.74 Å². The number of aliphatic hydroxyl groups excluding tert-OH is 1. The Morgan fingerprint density at radius 3 is 2.71 bits per heavy atom. The summed E-state index contributed by atoms with van der Waals surface area (Å²) in [6, 6.07) is 3.61. The third kappa shape index (κ3) is 4.14. The molecule has 0 aliphatic heterocycles. The van der Waals surface area contributed by atoms with Gasteiger partial charge in [-0.05, 0) is 30.9 Å². The fourth-order valence-corrected chi connectivity index (χ4v) is 2.74. The topological polar surface area (TPSA) is 77.9 Å². The molecular formula is C18H23NO5. The minimum Gasteiger partial charge on any atom is -0.496 e. The molecule has 1 aromatic heterocycles. The molecule has 0 radical (unpaired) electrons. The summed E-state index contributed by atoms with van der Waals surface area (Å²) in [7, 11) is 4.54. The van der Waals surface area contributed by atoms with Crippen molar-refractivity contribution in [2.75, 3.05) is 21.3 Å². The highest BCUT2D eigenvalue weighted by molar-refractivity contribution is 5.79. The first-order valence-electron chi connectivity index (χ1n) is 7.81. The van der Waals surface area contributed by atoms with Crippen LogP contribution in [-0.4, -0.2) is 37.4 Å². The molecule has 130 valence electrons. The fraction of sp³-hybridized carbons (Fsp3) is 0.444. The number of allylic oxidation sites excluding steroid dienone is 3. The number of pyridine rings is 1. The fourth-order valence-electron chi connectivity index (χ4n) is 2.74. The number of hydrogen-bond acceptors (Lipinski definition) is 6. The lowest BCUT2D eigenvalue weighted by Gasteiger charge is -2.22. The van der Waals surface area contributed by atoms with E-state index in [0.717, 1.165) is 23.3 Å². The van der Waals surface area contributed by atoms with Crippen LogP contribution in [0.1, 0.15) is 30.5 Å². The molecule has 1 aliphatic carbocycles. The number of ether oxygens (including phenoxy) is 3. The van der Waals surface area contributed by atoms with Gasteiger partial charge in [-0.25, -0.2) is 4.98 Å². The maximum absolute atomic E-state index is 11.4. The van der Waals surface area contributed by atoms with Gasteiger partial charge in [-0.3, -0.25) is 4.79 Å². The molecule has 1 aromatic rings. The minimum atomic E-state index is -0.214. The van der Waals surface area contributed by atoms with E-state index in [1.807, 2.05) is 12.1 Å². The second-order valence-corrected chi connectivity index (χ2v) is 5.47. The van der Waals surface area contributed by atoms with E-state index >= 15 is 0 Å². The van der Waals surface area contributed by atoms with Crippen molar-refractivity contribution in [3.05, 3.63) is 41.3 Å². The zero-order chi connectivity index (χ0) is 17.5. The van der Waals surface area contributed by atoms with Crippen LogP contribution >= 0.6 is 0 Å². The van der Waals surface area contributed by atoms with E-state index in [2.05, 4.69) is 11.1 Å². The molecule has 1 atom stereocenters. The highest BCUT2D eigenvalue weighted by Gasteiger charge is 2.21. The number of nitrogens with zero attached hydrogens (tertiary/aromatic N) is 1. The molecule has 6 nitrogen and oxygen atoms in total. The van der Waals surface area contributed by atoms with Crippen molar-refractivity contribution in [2.24, 2.45) is 5.92 Å². The van der Waals surface area contributed by atoms with Gasteiger partial charge in [-0.1, -0.05) is 6.08 Å². The van der Waals surface area contributed by atoms with Crippen molar-refractivity contribution in [2.45, 2.75) is 25.9 Å². The lowest BCUT2D eigenvalue weighted by Crippen LogP contribution is -2.10. The van der Waals surface area contributed by atoms with E-state index in [1.54, 1.807) is 13.2 Å². The summed E-state index contributed by atoms with van der Waals surface area (Å²) in [6.45, 7) is -0.201. The van der Waals surface area contributed by atoms with E-state index in [1.165, 1.54) is 14.2 Å². The Morgan fingerprint density at radius 2 is 2.08 bits per heavy atom. The van der Waals surface area contributed by atoms with Crippen LogP contribution in [0.3, 0.4) is 0 Å². The predicted molar refractivity (Wildman–Crippen MR) is 89.1 cm³/mol. The second-order valence-electron chi connectivity index (χ2n) is 5.47. The van der Waals surface area contributed by atoms with Crippen LogP contribution in [0.5, 0.6) is 5.88 Å². The molecule has 0 bridgehead atoms. The van der Waals surface area contributed by atoms with Crippen molar-refractivity contribution in [1.29, 1.82) is 0 Å². The summed E-state index contributed by atoms with van der Waals surface area (Å²) in [4.78, 5) is 15.7. The first-order valence-corrected chi connectivity index (χ1v) is 7.81. The molecule has 6 heteroatoms. The van der Waals surface area contributed by atoms with Crippen LogP contribution in [0.15, 0.2) is 30.0 Å². The molecule has 1 N–H and O–H groups in total. The maximum atomic E-state index is 11.4. The number of carbonyl (C=O) groups excluding carboxylic acids is 1. The molecule has 0 fully saturated rings. The summed E-state index contributed by atoms with van der Waals surface area (Å²) in [5.41, 5.74) is 2.20. The predicted octanol–water partition coefficient (Wildman–Crippen LogP) is 2.47. The Kier molecular flexibility index (Phi) is 6.37. The Labute approximate surface area is 141 Å². The van der Waals surface area contributed by atoms with Crippen LogP contribution in [0, 0.1) is 5.92 Å². The summed E-state index contributed by atoms with van der Waals surface area (Å²) >= 11 is 0. The lowest BCUT2D eigenvalue weighted by atomic mass is 9.87.